The fraction of sp³-hybridized carbons (Fsp3) is 0.455. The molecule has 2 aromatic heterocycles. The molecule has 1 nitrogen and oxygen atoms in total. The maximum Gasteiger partial charge on any atom is 0.0454 e. The van der Waals surface area contributed by atoms with E-state index in [0.717, 1.165) is 0 Å². The molecule has 2 rings (SSSR count). The van der Waals surface area contributed by atoms with Crippen molar-refractivity contribution >= 4 is 32.1 Å². The first-order chi connectivity index (χ1) is 6.85. The Kier molecular flexibility index (Phi) is 3.21. The van der Waals surface area contributed by atoms with Crippen LogP contribution in [0.15, 0.2) is 17.5 Å². The van der Waals surface area contributed by atoms with Gasteiger partial charge < -0.3 is 5.32 Å². The first kappa shape index (κ1) is 10.1. The monoisotopic (exact) mass is 225 g/mol. The van der Waals surface area contributed by atoms with Gasteiger partial charge in [-0.25, -0.2) is 0 Å². The van der Waals surface area contributed by atoms with Gasteiger partial charge in [-0.05, 0) is 31.0 Å². The van der Waals surface area contributed by atoms with Crippen LogP contribution in [0.5, 0.6) is 0 Å². The maximum atomic E-state index is 3.39. The van der Waals surface area contributed by atoms with Crippen LogP contribution < -0.4 is 5.32 Å². The fourth-order valence-corrected chi connectivity index (χ4v) is 3.94. The van der Waals surface area contributed by atoms with Crippen molar-refractivity contribution in [3.63, 3.8) is 0 Å². The van der Waals surface area contributed by atoms with Crippen molar-refractivity contribution in [1.29, 1.82) is 0 Å². The lowest BCUT2D eigenvalue weighted by Gasteiger charge is -2.12. The Balaban J connectivity index is 2.27. The lowest BCUT2D eigenvalue weighted by atomic mass is 10.1. The number of rotatable bonds is 4. The average Bonchev–Trinajstić information content (AvgIpc) is 2.73. The fourth-order valence-electron chi connectivity index (χ4n) is 1.67. The van der Waals surface area contributed by atoms with Gasteiger partial charge in [-0.15, -0.1) is 22.7 Å². The van der Waals surface area contributed by atoms with Gasteiger partial charge in [-0.3, -0.25) is 0 Å². The second kappa shape index (κ2) is 4.43. The summed E-state index contributed by atoms with van der Waals surface area (Å²) in [6, 6.07) is 5.10. The molecule has 2 heterocycles. The van der Waals surface area contributed by atoms with Crippen molar-refractivity contribution in [2.45, 2.75) is 25.8 Å². The van der Waals surface area contributed by atoms with Gasteiger partial charge in [0.15, 0.2) is 0 Å². The summed E-state index contributed by atoms with van der Waals surface area (Å²) in [4.78, 5) is 1.48. The van der Waals surface area contributed by atoms with Gasteiger partial charge in [0.1, 0.15) is 0 Å². The SMILES string of the molecule is CCCC(NC)c1cc2sccc2s1. The molecular formula is C11H15NS2. The summed E-state index contributed by atoms with van der Waals surface area (Å²) >= 11 is 3.76. The minimum atomic E-state index is 0.546. The highest BCUT2D eigenvalue weighted by Gasteiger charge is 2.11. The zero-order chi connectivity index (χ0) is 9.97. The molecule has 0 aliphatic carbocycles. The van der Waals surface area contributed by atoms with Gasteiger partial charge in [-0.2, -0.15) is 0 Å². The normalized spacial score (nSPS) is 13.6. The molecule has 0 aliphatic heterocycles. The molecular weight excluding hydrogens is 210 g/mol. The third-order valence-corrected chi connectivity index (χ3v) is 4.63. The lowest BCUT2D eigenvalue weighted by Crippen LogP contribution is -2.14. The van der Waals surface area contributed by atoms with E-state index < -0.39 is 0 Å². The Morgan fingerprint density at radius 3 is 2.93 bits per heavy atom. The van der Waals surface area contributed by atoms with Crippen LogP contribution in [0, 0.1) is 0 Å². The Labute approximate surface area is 92.8 Å². The summed E-state index contributed by atoms with van der Waals surface area (Å²) in [6.45, 7) is 2.24. The molecule has 14 heavy (non-hydrogen) atoms. The minimum absolute atomic E-state index is 0.546. The van der Waals surface area contributed by atoms with Crippen LogP contribution in [0.1, 0.15) is 30.7 Å². The topological polar surface area (TPSA) is 12.0 Å². The van der Waals surface area contributed by atoms with Gasteiger partial charge in [0.2, 0.25) is 0 Å². The Morgan fingerprint density at radius 1 is 1.43 bits per heavy atom. The van der Waals surface area contributed by atoms with Crippen LogP contribution >= 0.6 is 22.7 Å². The third-order valence-electron chi connectivity index (χ3n) is 2.43. The molecule has 1 N–H and O–H groups in total. The van der Waals surface area contributed by atoms with E-state index >= 15 is 0 Å². The largest absolute Gasteiger partial charge is 0.312 e. The average molecular weight is 225 g/mol. The van der Waals surface area contributed by atoms with Crippen molar-refractivity contribution in [3.05, 3.63) is 22.4 Å². The Bertz CT molecular complexity index is 373. The number of nitrogens with one attached hydrogen (secondary N) is 1. The molecule has 1 atom stereocenters. The smallest absolute Gasteiger partial charge is 0.0454 e. The van der Waals surface area contributed by atoms with Gasteiger partial charge in [0.05, 0.1) is 0 Å². The summed E-state index contributed by atoms with van der Waals surface area (Å²) in [6.07, 6.45) is 2.46. The molecule has 2 aromatic rings. The van der Waals surface area contributed by atoms with Gasteiger partial charge in [0, 0.05) is 20.3 Å². The van der Waals surface area contributed by atoms with E-state index in [0.29, 0.717) is 6.04 Å². The van der Waals surface area contributed by atoms with Gasteiger partial charge in [-0.1, -0.05) is 13.3 Å². The molecule has 0 saturated carbocycles. The van der Waals surface area contributed by atoms with Crippen LogP contribution in [0.25, 0.3) is 9.40 Å². The van der Waals surface area contributed by atoms with Crippen LogP contribution in [-0.2, 0) is 0 Å². The van der Waals surface area contributed by atoms with E-state index in [-0.39, 0.29) is 0 Å². The number of hydrogen-bond acceptors (Lipinski definition) is 3. The molecule has 0 aromatic carbocycles. The highest BCUT2D eigenvalue weighted by atomic mass is 32.1. The molecule has 0 spiro atoms. The van der Waals surface area contributed by atoms with Gasteiger partial charge in [0.25, 0.3) is 0 Å². The molecule has 0 fully saturated rings. The zero-order valence-corrected chi connectivity index (χ0v) is 10.2. The third kappa shape index (κ3) is 1.85. The van der Waals surface area contributed by atoms with Crippen molar-refractivity contribution in [2.24, 2.45) is 0 Å². The second-order valence-electron chi connectivity index (χ2n) is 3.43. The Hall–Kier alpha value is -0.380. The van der Waals surface area contributed by atoms with E-state index in [1.165, 1.54) is 27.1 Å². The number of hydrogen-bond donors (Lipinski definition) is 1. The van der Waals surface area contributed by atoms with E-state index in [1.54, 1.807) is 0 Å². The van der Waals surface area contributed by atoms with Crippen molar-refractivity contribution in [1.82, 2.24) is 5.32 Å². The highest BCUT2D eigenvalue weighted by molar-refractivity contribution is 7.26. The summed E-state index contributed by atoms with van der Waals surface area (Å²) < 4.78 is 2.86. The van der Waals surface area contributed by atoms with Crippen molar-refractivity contribution in [2.75, 3.05) is 7.05 Å². The Morgan fingerprint density at radius 2 is 2.29 bits per heavy atom. The van der Waals surface area contributed by atoms with Crippen LogP contribution in [-0.4, -0.2) is 7.05 Å². The predicted octanol–water partition coefficient (Wildman–Crippen LogP) is 4.02. The summed E-state index contributed by atoms with van der Waals surface area (Å²) in [5.74, 6) is 0. The van der Waals surface area contributed by atoms with E-state index in [1.807, 2.05) is 29.7 Å². The number of thiophene rings is 2. The highest BCUT2D eigenvalue weighted by Crippen LogP contribution is 2.34. The second-order valence-corrected chi connectivity index (χ2v) is 5.49. The van der Waals surface area contributed by atoms with Crippen LogP contribution in [0.4, 0.5) is 0 Å². The van der Waals surface area contributed by atoms with E-state index in [2.05, 4.69) is 29.8 Å². The molecule has 0 bridgehead atoms. The van der Waals surface area contributed by atoms with E-state index in [4.69, 9.17) is 0 Å². The van der Waals surface area contributed by atoms with Crippen LogP contribution in [0.2, 0.25) is 0 Å². The van der Waals surface area contributed by atoms with E-state index in [9.17, 15) is 0 Å². The minimum Gasteiger partial charge on any atom is -0.312 e. The quantitative estimate of drug-likeness (QED) is 0.828. The molecule has 0 saturated heterocycles. The molecule has 0 aliphatic rings. The lowest BCUT2D eigenvalue weighted by molar-refractivity contribution is 0.550. The maximum absolute atomic E-state index is 3.39. The summed E-state index contributed by atoms with van der Waals surface area (Å²) in [7, 11) is 2.05. The summed E-state index contributed by atoms with van der Waals surface area (Å²) in [5.41, 5.74) is 0. The molecule has 1 unspecified atom stereocenters. The molecule has 0 radical (unpaired) electrons. The molecule has 3 heteroatoms. The zero-order valence-electron chi connectivity index (χ0n) is 8.54. The first-order valence-corrected chi connectivity index (χ1v) is 6.69. The molecule has 76 valence electrons. The van der Waals surface area contributed by atoms with Crippen molar-refractivity contribution < 1.29 is 0 Å². The summed E-state index contributed by atoms with van der Waals surface area (Å²) in [5, 5.41) is 5.55. The first-order valence-electron chi connectivity index (χ1n) is 4.99. The predicted molar refractivity (Wildman–Crippen MR) is 66.4 cm³/mol. The molecule has 0 amide bonds. The van der Waals surface area contributed by atoms with Gasteiger partial charge >= 0.3 is 0 Å². The van der Waals surface area contributed by atoms with Crippen LogP contribution in [0.3, 0.4) is 0 Å². The van der Waals surface area contributed by atoms with Crippen molar-refractivity contribution in [3.8, 4) is 0 Å². The standard InChI is InChI=1S/C11H15NS2/c1-3-4-8(12-2)10-7-11-9(14-10)5-6-13-11/h5-8,12H,3-4H2,1-2H3. The number of fused-ring (bicyclic) bond motifs is 1.